The quantitative estimate of drug-likeness (QED) is 0.710. The molecule has 1 atom stereocenters. The number of carboxylic acids is 1. The number of aryl methyl sites for hydroxylation is 2. The van der Waals surface area contributed by atoms with E-state index in [2.05, 4.69) is 10.1 Å². The van der Waals surface area contributed by atoms with E-state index in [9.17, 15) is 9.59 Å². The van der Waals surface area contributed by atoms with E-state index in [1.807, 2.05) is 20.8 Å². The molecular formula is C15H25N3O4. The van der Waals surface area contributed by atoms with Crippen LogP contribution >= 0.6 is 0 Å². The standard InChI is InChI=1S/C15H25N3O4/c1-4-7-12-16-13(22-17-12)8-6-9-14(19)18(10-15(20)21)11(3)5-2/h11H,4-10H2,1-3H3,(H,20,21). The molecule has 124 valence electrons. The molecular weight excluding hydrogens is 286 g/mol. The Morgan fingerprint density at radius 1 is 1.32 bits per heavy atom. The number of hydrogen-bond donors (Lipinski definition) is 1. The van der Waals surface area contributed by atoms with Crippen molar-refractivity contribution in [2.24, 2.45) is 0 Å². The Labute approximate surface area is 130 Å². The molecule has 22 heavy (non-hydrogen) atoms. The van der Waals surface area contributed by atoms with E-state index in [1.54, 1.807) is 0 Å². The molecule has 1 heterocycles. The molecule has 0 aliphatic heterocycles. The topological polar surface area (TPSA) is 96.5 Å². The molecule has 0 aliphatic rings. The minimum Gasteiger partial charge on any atom is -0.480 e. The van der Waals surface area contributed by atoms with Crippen LogP contribution in [0.4, 0.5) is 0 Å². The zero-order valence-corrected chi connectivity index (χ0v) is 13.5. The average Bonchev–Trinajstić information content (AvgIpc) is 2.91. The number of rotatable bonds is 10. The van der Waals surface area contributed by atoms with Gasteiger partial charge in [0.1, 0.15) is 6.54 Å². The van der Waals surface area contributed by atoms with Gasteiger partial charge < -0.3 is 14.5 Å². The predicted octanol–water partition coefficient (Wildman–Crippen LogP) is 2.06. The fourth-order valence-electron chi connectivity index (χ4n) is 2.11. The van der Waals surface area contributed by atoms with Gasteiger partial charge >= 0.3 is 5.97 Å². The van der Waals surface area contributed by atoms with Crippen LogP contribution in [0.3, 0.4) is 0 Å². The molecule has 1 aromatic rings. The molecule has 1 rings (SSSR count). The second kappa shape index (κ2) is 9.17. The van der Waals surface area contributed by atoms with Crippen molar-refractivity contribution in [2.75, 3.05) is 6.54 Å². The normalized spacial score (nSPS) is 12.1. The zero-order valence-electron chi connectivity index (χ0n) is 13.5. The Kier molecular flexibility index (Phi) is 7.56. The number of amides is 1. The van der Waals surface area contributed by atoms with E-state index in [1.165, 1.54) is 4.90 Å². The molecule has 0 aliphatic carbocycles. The Morgan fingerprint density at radius 2 is 2.05 bits per heavy atom. The lowest BCUT2D eigenvalue weighted by atomic mass is 10.1. The van der Waals surface area contributed by atoms with Gasteiger partial charge in [-0.1, -0.05) is 19.0 Å². The molecule has 0 aromatic carbocycles. The number of aromatic nitrogens is 2. The summed E-state index contributed by atoms with van der Waals surface area (Å²) in [5.74, 6) is 0.0836. The van der Waals surface area contributed by atoms with Crippen molar-refractivity contribution in [3.63, 3.8) is 0 Å². The second-order valence-electron chi connectivity index (χ2n) is 5.38. The second-order valence-corrected chi connectivity index (χ2v) is 5.38. The Hall–Kier alpha value is -1.92. The molecule has 0 saturated carbocycles. The maximum atomic E-state index is 12.2. The van der Waals surface area contributed by atoms with Crippen LogP contribution < -0.4 is 0 Å². The largest absolute Gasteiger partial charge is 0.480 e. The van der Waals surface area contributed by atoms with Crippen LogP contribution in [0.2, 0.25) is 0 Å². The summed E-state index contributed by atoms with van der Waals surface area (Å²) in [5.41, 5.74) is 0. The third kappa shape index (κ3) is 5.83. The highest BCUT2D eigenvalue weighted by molar-refractivity contribution is 5.81. The summed E-state index contributed by atoms with van der Waals surface area (Å²) in [7, 11) is 0. The van der Waals surface area contributed by atoms with E-state index >= 15 is 0 Å². The monoisotopic (exact) mass is 311 g/mol. The van der Waals surface area contributed by atoms with Crippen molar-refractivity contribution in [3.8, 4) is 0 Å². The van der Waals surface area contributed by atoms with Crippen molar-refractivity contribution >= 4 is 11.9 Å². The highest BCUT2D eigenvalue weighted by atomic mass is 16.5. The van der Waals surface area contributed by atoms with Crippen LogP contribution in [-0.2, 0) is 22.4 Å². The number of aliphatic carboxylic acids is 1. The smallest absolute Gasteiger partial charge is 0.323 e. The van der Waals surface area contributed by atoms with Crippen LogP contribution in [0.1, 0.15) is 58.2 Å². The highest BCUT2D eigenvalue weighted by Crippen LogP contribution is 2.10. The van der Waals surface area contributed by atoms with Crippen molar-refractivity contribution in [3.05, 3.63) is 11.7 Å². The number of nitrogens with zero attached hydrogens (tertiary/aromatic N) is 3. The van der Waals surface area contributed by atoms with Crippen LogP contribution in [0, 0.1) is 0 Å². The number of carboxylic acid groups (broad SMARTS) is 1. The van der Waals surface area contributed by atoms with Gasteiger partial charge in [-0.05, 0) is 26.2 Å². The maximum Gasteiger partial charge on any atom is 0.323 e. The van der Waals surface area contributed by atoms with Gasteiger partial charge in [0, 0.05) is 25.3 Å². The van der Waals surface area contributed by atoms with Gasteiger partial charge in [-0.3, -0.25) is 9.59 Å². The van der Waals surface area contributed by atoms with Crippen LogP contribution in [0.15, 0.2) is 4.52 Å². The molecule has 1 unspecified atom stereocenters. The van der Waals surface area contributed by atoms with Gasteiger partial charge in [0.2, 0.25) is 11.8 Å². The molecule has 0 radical (unpaired) electrons. The summed E-state index contributed by atoms with van der Waals surface area (Å²) in [5, 5.41) is 12.8. The molecule has 0 spiro atoms. The summed E-state index contributed by atoms with van der Waals surface area (Å²) in [4.78, 5) is 28.7. The van der Waals surface area contributed by atoms with Gasteiger partial charge in [-0.2, -0.15) is 4.98 Å². The van der Waals surface area contributed by atoms with Crippen molar-refractivity contribution in [1.29, 1.82) is 0 Å². The zero-order chi connectivity index (χ0) is 16.5. The molecule has 1 aromatic heterocycles. The number of carbonyl (C=O) groups is 2. The van der Waals surface area contributed by atoms with Crippen LogP contribution in [0.25, 0.3) is 0 Å². The molecule has 0 fully saturated rings. The van der Waals surface area contributed by atoms with E-state index in [0.29, 0.717) is 24.6 Å². The highest BCUT2D eigenvalue weighted by Gasteiger charge is 2.21. The summed E-state index contributed by atoms with van der Waals surface area (Å²) < 4.78 is 5.11. The first-order valence-corrected chi connectivity index (χ1v) is 7.80. The lowest BCUT2D eigenvalue weighted by molar-refractivity contribution is -0.146. The fraction of sp³-hybridized carbons (Fsp3) is 0.733. The summed E-state index contributed by atoms with van der Waals surface area (Å²) >= 11 is 0. The van der Waals surface area contributed by atoms with Crippen molar-refractivity contribution in [1.82, 2.24) is 15.0 Å². The van der Waals surface area contributed by atoms with E-state index in [4.69, 9.17) is 9.63 Å². The van der Waals surface area contributed by atoms with E-state index in [-0.39, 0.29) is 24.9 Å². The third-order valence-electron chi connectivity index (χ3n) is 3.51. The summed E-state index contributed by atoms with van der Waals surface area (Å²) in [6.45, 7) is 5.58. The lowest BCUT2D eigenvalue weighted by Gasteiger charge is -2.26. The molecule has 7 nitrogen and oxygen atoms in total. The Morgan fingerprint density at radius 3 is 2.64 bits per heavy atom. The van der Waals surface area contributed by atoms with Crippen LogP contribution in [-0.4, -0.2) is 44.6 Å². The Bertz CT molecular complexity index is 487. The molecule has 0 bridgehead atoms. The summed E-state index contributed by atoms with van der Waals surface area (Å²) in [6.07, 6.45) is 3.84. The van der Waals surface area contributed by atoms with Gasteiger partial charge in [-0.15, -0.1) is 0 Å². The minimum atomic E-state index is -0.991. The molecule has 7 heteroatoms. The summed E-state index contributed by atoms with van der Waals surface area (Å²) in [6, 6.07) is -0.0804. The van der Waals surface area contributed by atoms with Crippen LogP contribution in [0.5, 0.6) is 0 Å². The van der Waals surface area contributed by atoms with Gasteiger partial charge in [0.15, 0.2) is 5.82 Å². The number of hydrogen-bond acceptors (Lipinski definition) is 5. The first-order valence-electron chi connectivity index (χ1n) is 7.80. The maximum absolute atomic E-state index is 12.2. The average molecular weight is 311 g/mol. The first kappa shape index (κ1) is 18.1. The van der Waals surface area contributed by atoms with E-state index in [0.717, 1.165) is 19.3 Å². The number of carbonyl (C=O) groups excluding carboxylic acids is 1. The van der Waals surface area contributed by atoms with Crippen molar-refractivity contribution in [2.45, 2.75) is 65.3 Å². The first-order chi connectivity index (χ1) is 10.5. The fourth-order valence-corrected chi connectivity index (χ4v) is 2.11. The third-order valence-corrected chi connectivity index (χ3v) is 3.51. The Balaban J connectivity index is 2.46. The predicted molar refractivity (Wildman–Crippen MR) is 80.3 cm³/mol. The molecule has 1 N–H and O–H groups in total. The van der Waals surface area contributed by atoms with Crippen molar-refractivity contribution < 1.29 is 19.2 Å². The minimum absolute atomic E-state index is 0.0804. The molecule has 0 saturated heterocycles. The lowest BCUT2D eigenvalue weighted by Crippen LogP contribution is -2.41. The van der Waals surface area contributed by atoms with Gasteiger partial charge in [0.25, 0.3) is 0 Å². The molecule has 1 amide bonds. The van der Waals surface area contributed by atoms with Gasteiger partial charge in [0.05, 0.1) is 0 Å². The SMILES string of the molecule is CCCc1noc(CCCC(=O)N(CC(=O)O)C(C)CC)n1. The van der Waals surface area contributed by atoms with E-state index < -0.39 is 5.97 Å². The van der Waals surface area contributed by atoms with Gasteiger partial charge in [-0.25, -0.2) is 0 Å².